The second kappa shape index (κ2) is 5.63. The van der Waals surface area contributed by atoms with E-state index in [1.807, 2.05) is 20.8 Å². The molecule has 1 aromatic heterocycles. The highest BCUT2D eigenvalue weighted by molar-refractivity contribution is 5.92. The number of hydrogen-bond donors (Lipinski definition) is 2. The highest BCUT2D eigenvalue weighted by Crippen LogP contribution is 2.35. The number of phenolic OH excluding ortho intramolecular Hbond substituents is 1. The Morgan fingerprint density at radius 3 is 2.58 bits per heavy atom. The van der Waals surface area contributed by atoms with Crippen molar-refractivity contribution in [2.45, 2.75) is 39.3 Å². The zero-order valence-corrected chi connectivity index (χ0v) is 13.9. The molecule has 1 aliphatic heterocycles. The maximum Gasteiger partial charge on any atom is 0.338 e. The van der Waals surface area contributed by atoms with Gasteiger partial charge in [-0.3, -0.25) is 0 Å². The Morgan fingerprint density at radius 1 is 1.29 bits per heavy atom. The van der Waals surface area contributed by atoms with E-state index in [-0.39, 0.29) is 5.75 Å². The summed E-state index contributed by atoms with van der Waals surface area (Å²) in [5.74, 6) is 0.147. The average molecular weight is 329 g/mol. The number of carbonyl (C=O) groups is 1. The Bertz CT molecular complexity index is 802. The van der Waals surface area contributed by atoms with Gasteiger partial charge in [0.15, 0.2) is 0 Å². The van der Waals surface area contributed by atoms with Gasteiger partial charge in [0.2, 0.25) is 5.95 Å². The van der Waals surface area contributed by atoms with Crippen molar-refractivity contribution >= 4 is 11.9 Å². The van der Waals surface area contributed by atoms with Crippen LogP contribution in [0.3, 0.4) is 0 Å². The first-order valence-electron chi connectivity index (χ1n) is 7.54. The van der Waals surface area contributed by atoms with E-state index in [2.05, 4.69) is 20.8 Å². The molecule has 0 amide bonds. The van der Waals surface area contributed by atoms with Crippen molar-refractivity contribution in [3.8, 4) is 5.75 Å². The molecular formula is C16H19N5O3. The van der Waals surface area contributed by atoms with E-state index >= 15 is 0 Å². The van der Waals surface area contributed by atoms with Gasteiger partial charge in [0.25, 0.3) is 0 Å². The second-order valence-electron chi connectivity index (χ2n) is 6.61. The zero-order valence-electron chi connectivity index (χ0n) is 13.9. The number of aromatic hydroxyl groups is 1. The van der Waals surface area contributed by atoms with Crippen LogP contribution in [0.5, 0.6) is 5.75 Å². The van der Waals surface area contributed by atoms with Gasteiger partial charge in [-0.05, 0) is 55.8 Å². The molecule has 1 unspecified atom stereocenters. The summed E-state index contributed by atoms with van der Waals surface area (Å²) < 4.78 is 7.07. The van der Waals surface area contributed by atoms with Crippen LogP contribution in [0.4, 0.5) is 5.95 Å². The van der Waals surface area contributed by atoms with Gasteiger partial charge < -0.3 is 15.2 Å². The minimum atomic E-state index is -0.620. The summed E-state index contributed by atoms with van der Waals surface area (Å²) in [6.07, 6.45) is 0. The minimum absolute atomic E-state index is 0.143. The molecule has 0 saturated heterocycles. The summed E-state index contributed by atoms with van der Waals surface area (Å²) in [6.45, 7) is 7.23. The van der Waals surface area contributed by atoms with Crippen molar-refractivity contribution in [1.82, 2.24) is 20.2 Å². The molecule has 1 aromatic carbocycles. The van der Waals surface area contributed by atoms with Crippen molar-refractivity contribution < 1.29 is 14.6 Å². The maximum absolute atomic E-state index is 12.8. The van der Waals surface area contributed by atoms with Crippen molar-refractivity contribution in [2.24, 2.45) is 0 Å². The average Bonchev–Trinajstić information content (AvgIpc) is 2.92. The number of aromatic nitrogens is 4. The zero-order chi connectivity index (χ0) is 17.5. The summed E-state index contributed by atoms with van der Waals surface area (Å²) in [7, 11) is 0. The lowest BCUT2D eigenvalue weighted by Gasteiger charge is -2.29. The molecule has 126 valence electrons. The molecule has 0 radical (unpaired) electrons. The Balaban J connectivity index is 2.10. The Labute approximate surface area is 139 Å². The fourth-order valence-electron chi connectivity index (χ4n) is 2.57. The molecule has 1 atom stereocenters. The third kappa shape index (κ3) is 2.94. The first-order valence-corrected chi connectivity index (χ1v) is 7.54. The van der Waals surface area contributed by atoms with E-state index in [1.165, 1.54) is 4.68 Å². The minimum Gasteiger partial charge on any atom is -0.508 e. The number of rotatable bonds is 2. The lowest BCUT2D eigenvalue weighted by atomic mass is 9.95. The number of esters is 1. The number of nitrogens with zero attached hydrogens (tertiary/aromatic N) is 4. The summed E-state index contributed by atoms with van der Waals surface area (Å²) in [5.41, 5.74) is 1.20. The van der Waals surface area contributed by atoms with Gasteiger partial charge in [-0.15, -0.1) is 0 Å². The van der Waals surface area contributed by atoms with Crippen LogP contribution in [0.2, 0.25) is 0 Å². The summed E-state index contributed by atoms with van der Waals surface area (Å²) >= 11 is 0. The molecule has 1 aliphatic rings. The monoisotopic (exact) mass is 329 g/mol. The standard InChI is InChI=1S/C16H19N5O3/c1-9-12(14(23)24-16(2,3)4)13(10-5-7-11(22)8-6-10)21-15(17-9)18-19-20-21/h5-8,13,22H,1-4H3,(H,17,18,20). The molecule has 2 N–H and O–H groups in total. The van der Waals surface area contributed by atoms with Gasteiger partial charge in [0.1, 0.15) is 17.4 Å². The van der Waals surface area contributed by atoms with Gasteiger partial charge in [-0.25, -0.2) is 4.79 Å². The number of hydrogen-bond acceptors (Lipinski definition) is 7. The Hall–Kier alpha value is -2.90. The van der Waals surface area contributed by atoms with Gasteiger partial charge in [-0.2, -0.15) is 4.68 Å². The molecule has 8 heteroatoms. The normalized spacial score (nSPS) is 17.2. The summed E-state index contributed by atoms with van der Waals surface area (Å²) in [4.78, 5) is 12.8. The molecule has 2 aromatic rings. The third-order valence-electron chi connectivity index (χ3n) is 3.54. The number of allylic oxidation sites excluding steroid dienone is 1. The molecule has 2 heterocycles. The Kier molecular flexibility index (Phi) is 3.75. The number of anilines is 1. The van der Waals surface area contributed by atoms with Crippen LogP contribution in [0.25, 0.3) is 0 Å². The molecular weight excluding hydrogens is 310 g/mol. The van der Waals surface area contributed by atoms with Crippen molar-refractivity contribution in [2.75, 3.05) is 5.32 Å². The highest BCUT2D eigenvalue weighted by atomic mass is 16.6. The third-order valence-corrected chi connectivity index (χ3v) is 3.54. The SMILES string of the molecule is CC1=C(C(=O)OC(C)(C)C)C(c2ccc(O)cc2)n2nnnc2N1. The summed E-state index contributed by atoms with van der Waals surface area (Å²) in [6, 6.07) is 6.04. The molecule has 0 fully saturated rings. The van der Waals surface area contributed by atoms with Crippen molar-refractivity contribution in [1.29, 1.82) is 0 Å². The van der Waals surface area contributed by atoms with E-state index in [9.17, 15) is 9.90 Å². The van der Waals surface area contributed by atoms with Gasteiger partial charge >= 0.3 is 5.97 Å². The van der Waals surface area contributed by atoms with E-state index in [0.717, 1.165) is 5.56 Å². The van der Waals surface area contributed by atoms with Crippen LogP contribution in [0.1, 0.15) is 39.3 Å². The van der Waals surface area contributed by atoms with Crippen LogP contribution in [-0.2, 0) is 9.53 Å². The fourth-order valence-corrected chi connectivity index (χ4v) is 2.57. The van der Waals surface area contributed by atoms with Gasteiger partial charge in [0.05, 0.1) is 5.57 Å². The first-order chi connectivity index (χ1) is 11.3. The first kappa shape index (κ1) is 16.0. The number of benzene rings is 1. The molecule has 3 rings (SSSR count). The fraction of sp³-hybridized carbons (Fsp3) is 0.375. The van der Waals surface area contributed by atoms with Crippen LogP contribution in [0.15, 0.2) is 35.5 Å². The molecule has 0 bridgehead atoms. The molecule has 0 aliphatic carbocycles. The second-order valence-corrected chi connectivity index (χ2v) is 6.61. The molecule has 0 spiro atoms. The number of carbonyl (C=O) groups excluding carboxylic acids is 1. The topological polar surface area (TPSA) is 102 Å². The molecule has 8 nitrogen and oxygen atoms in total. The molecule has 0 saturated carbocycles. The van der Waals surface area contributed by atoms with Gasteiger partial charge in [-0.1, -0.05) is 17.2 Å². The van der Waals surface area contributed by atoms with Crippen LogP contribution in [0, 0.1) is 0 Å². The number of ether oxygens (including phenoxy) is 1. The molecule has 24 heavy (non-hydrogen) atoms. The van der Waals surface area contributed by atoms with Crippen molar-refractivity contribution in [3.63, 3.8) is 0 Å². The summed E-state index contributed by atoms with van der Waals surface area (Å²) in [5, 5.41) is 24.1. The number of nitrogens with one attached hydrogen (secondary N) is 1. The van der Waals surface area contributed by atoms with Crippen LogP contribution in [-0.4, -0.2) is 36.9 Å². The predicted octanol–water partition coefficient (Wildman–Crippen LogP) is 2.01. The largest absolute Gasteiger partial charge is 0.508 e. The number of tetrazole rings is 1. The maximum atomic E-state index is 12.8. The van der Waals surface area contributed by atoms with E-state index in [1.54, 1.807) is 31.2 Å². The quantitative estimate of drug-likeness (QED) is 0.812. The lowest BCUT2D eigenvalue weighted by molar-refractivity contribution is -0.150. The Morgan fingerprint density at radius 2 is 1.96 bits per heavy atom. The number of phenols is 1. The smallest absolute Gasteiger partial charge is 0.338 e. The van der Waals surface area contributed by atoms with E-state index in [4.69, 9.17) is 4.74 Å². The van der Waals surface area contributed by atoms with Crippen LogP contribution < -0.4 is 5.32 Å². The van der Waals surface area contributed by atoms with E-state index < -0.39 is 17.6 Å². The lowest BCUT2D eigenvalue weighted by Crippen LogP contribution is -2.33. The predicted molar refractivity (Wildman–Crippen MR) is 86.2 cm³/mol. The highest BCUT2D eigenvalue weighted by Gasteiger charge is 2.36. The van der Waals surface area contributed by atoms with E-state index in [0.29, 0.717) is 17.2 Å². The van der Waals surface area contributed by atoms with Crippen molar-refractivity contribution in [3.05, 3.63) is 41.1 Å². The number of fused-ring (bicyclic) bond motifs is 1. The van der Waals surface area contributed by atoms with Crippen LogP contribution >= 0.6 is 0 Å². The van der Waals surface area contributed by atoms with Gasteiger partial charge in [0, 0.05) is 5.70 Å².